The van der Waals surface area contributed by atoms with E-state index in [4.69, 9.17) is 20.8 Å². The topological polar surface area (TPSA) is 80.7 Å². The molecule has 8 heteroatoms. The van der Waals surface area contributed by atoms with Gasteiger partial charge < -0.3 is 14.3 Å². The molecule has 1 aromatic carbocycles. The van der Waals surface area contributed by atoms with Crippen molar-refractivity contribution in [2.24, 2.45) is 0 Å². The van der Waals surface area contributed by atoms with Crippen LogP contribution in [0, 0.1) is 0 Å². The number of benzene rings is 1. The molecular weight excluding hydrogens is 406 g/mol. The maximum Gasteiger partial charge on any atom is 0.359 e. The molecule has 3 heterocycles. The van der Waals surface area contributed by atoms with Crippen LogP contribution >= 0.6 is 11.6 Å². The first-order valence-electron chi connectivity index (χ1n) is 10.0. The first kappa shape index (κ1) is 20.7. The van der Waals surface area contributed by atoms with E-state index in [1.807, 2.05) is 36.4 Å². The van der Waals surface area contributed by atoms with Gasteiger partial charge in [-0.2, -0.15) is 5.10 Å². The summed E-state index contributed by atoms with van der Waals surface area (Å²) in [6.07, 6.45) is 0.736. The zero-order valence-electron chi connectivity index (χ0n) is 16.8. The van der Waals surface area contributed by atoms with Gasteiger partial charge in [-0.3, -0.25) is 9.58 Å². The van der Waals surface area contributed by atoms with Gasteiger partial charge in [0, 0.05) is 36.3 Å². The van der Waals surface area contributed by atoms with E-state index in [9.17, 15) is 9.90 Å². The quantitative estimate of drug-likeness (QED) is 0.579. The van der Waals surface area contributed by atoms with Crippen molar-refractivity contribution in [3.05, 3.63) is 64.1 Å². The number of carbonyl (C=O) groups is 1. The van der Waals surface area contributed by atoms with Crippen LogP contribution in [0.5, 0.6) is 0 Å². The van der Waals surface area contributed by atoms with Crippen LogP contribution in [-0.4, -0.2) is 45.5 Å². The third kappa shape index (κ3) is 4.14. The standard InChI is InChI=1S/C22H24ClN3O4/c1-2-29-22(28)21-17-14-25(10-9-19(17)26(24-21)11-12-27)13-15-7-8-20(30-15)16-5-3-4-6-18(16)23/h3-8,27H,2,9-14H2,1H3. The van der Waals surface area contributed by atoms with Crippen LogP contribution < -0.4 is 0 Å². The van der Waals surface area contributed by atoms with Crippen LogP contribution in [0.4, 0.5) is 0 Å². The number of hydrogen-bond acceptors (Lipinski definition) is 6. The first-order valence-corrected chi connectivity index (χ1v) is 10.4. The Labute approximate surface area is 179 Å². The van der Waals surface area contributed by atoms with Gasteiger partial charge in [0.05, 0.1) is 31.3 Å². The fourth-order valence-corrected chi connectivity index (χ4v) is 4.04. The van der Waals surface area contributed by atoms with Crippen molar-refractivity contribution in [1.82, 2.24) is 14.7 Å². The summed E-state index contributed by atoms with van der Waals surface area (Å²) in [5, 5.41) is 14.4. The zero-order valence-corrected chi connectivity index (χ0v) is 17.6. The average molecular weight is 430 g/mol. The van der Waals surface area contributed by atoms with E-state index in [-0.39, 0.29) is 6.61 Å². The summed E-state index contributed by atoms with van der Waals surface area (Å²) in [5.41, 5.74) is 3.05. The maximum atomic E-state index is 12.4. The highest BCUT2D eigenvalue weighted by Gasteiger charge is 2.29. The number of aliphatic hydroxyl groups excluding tert-OH is 1. The van der Waals surface area contributed by atoms with Gasteiger partial charge in [0.1, 0.15) is 11.5 Å². The molecule has 30 heavy (non-hydrogen) atoms. The lowest BCUT2D eigenvalue weighted by molar-refractivity contribution is 0.0515. The van der Waals surface area contributed by atoms with E-state index in [2.05, 4.69) is 10.00 Å². The molecule has 2 aromatic heterocycles. The molecule has 3 aromatic rings. The third-order valence-corrected chi connectivity index (χ3v) is 5.50. The molecule has 0 fully saturated rings. The maximum absolute atomic E-state index is 12.4. The summed E-state index contributed by atoms with van der Waals surface area (Å²) in [7, 11) is 0. The number of halogens is 1. The number of aromatic nitrogens is 2. The molecule has 0 unspecified atom stereocenters. The summed E-state index contributed by atoms with van der Waals surface area (Å²) in [5.74, 6) is 1.14. The van der Waals surface area contributed by atoms with Crippen LogP contribution in [0.15, 0.2) is 40.8 Å². The van der Waals surface area contributed by atoms with Crippen molar-refractivity contribution in [2.75, 3.05) is 19.8 Å². The van der Waals surface area contributed by atoms with Gasteiger partial charge in [0.25, 0.3) is 0 Å². The molecule has 1 N–H and O–H groups in total. The highest BCUT2D eigenvalue weighted by atomic mass is 35.5. The minimum Gasteiger partial charge on any atom is -0.461 e. The molecule has 1 aliphatic heterocycles. The summed E-state index contributed by atoms with van der Waals surface area (Å²) in [4.78, 5) is 14.6. The van der Waals surface area contributed by atoms with Crippen LogP contribution in [0.3, 0.4) is 0 Å². The average Bonchev–Trinajstić information content (AvgIpc) is 3.34. The molecule has 0 spiro atoms. The summed E-state index contributed by atoms with van der Waals surface area (Å²) in [6, 6.07) is 11.5. The lowest BCUT2D eigenvalue weighted by Crippen LogP contribution is -2.31. The smallest absolute Gasteiger partial charge is 0.359 e. The number of fused-ring (bicyclic) bond motifs is 1. The van der Waals surface area contributed by atoms with Crippen LogP contribution in [-0.2, 0) is 30.8 Å². The Balaban J connectivity index is 1.53. The monoisotopic (exact) mass is 429 g/mol. The number of esters is 1. The van der Waals surface area contributed by atoms with Crippen LogP contribution in [0.2, 0.25) is 5.02 Å². The van der Waals surface area contributed by atoms with Crippen molar-refractivity contribution in [3.8, 4) is 11.3 Å². The van der Waals surface area contributed by atoms with Gasteiger partial charge in [0.2, 0.25) is 0 Å². The van der Waals surface area contributed by atoms with Crippen molar-refractivity contribution in [3.63, 3.8) is 0 Å². The molecule has 0 aliphatic carbocycles. The first-order chi connectivity index (χ1) is 14.6. The van der Waals surface area contributed by atoms with Gasteiger partial charge in [0.15, 0.2) is 5.69 Å². The van der Waals surface area contributed by atoms with Crippen molar-refractivity contribution >= 4 is 17.6 Å². The predicted molar refractivity (Wildman–Crippen MR) is 112 cm³/mol. The molecule has 0 radical (unpaired) electrons. The highest BCUT2D eigenvalue weighted by molar-refractivity contribution is 6.33. The number of ether oxygens (including phenoxy) is 1. The Morgan fingerprint density at radius 3 is 2.90 bits per heavy atom. The summed E-state index contributed by atoms with van der Waals surface area (Å²) in [6.45, 7) is 4.37. The fourth-order valence-electron chi connectivity index (χ4n) is 3.81. The molecule has 1 aliphatic rings. The number of rotatable bonds is 7. The Kier molecular flexibility index (Phi) is 6.22. The molecule has 7 nitrogen and oxygen atoms in total. The number of aliphatic hydroxyl groups is 1. The number of carbonyl (C=O) groups excluding carboxylic acids is 1. The predicted octanol–water partition coefficient (Wildman–Crippen LogP) is 3.52. The molecule has 0 saturated carbocycles. The summed E-state index contributed by atoms with van der Waals surface area (Å²) >= 11 is 6.28. The van der Waals surface area contributed by atoms with Gasteiger partial charge in [-0.15, -0.1) is 0 Å². The van der Waals surface area contributed by atoms with E-state index in [1.165, 1.54) is 0 Å². The van der Waals surface area contributed by atoms with Crippen LogP contribution in [0.25, 0.3) is 11.3 Å². The summed E-state index contributed by atoms with van der Waals surface area (Å²) < 4.78 is 12.9. The zero-order chi connectivity index (χ0) is 21.1. The minimum atomic E-state index is -0.425. The number of furan rings is 1. The highest BCUT2D eigenvalue weighted by Crippen LogP contribution is 2.30. The molecule has 0 bridgehead atoms. The second-order valence-electron chi connectivity index (χ2n) is 7.15. The normalized spacial score (nSPS) is 14.0. The number of hydrogen-bond donors (Lipinski definition) is 1. The molecule has 0 saturated heterocycles. The lowest BCUT2D eigenvalue weighted by Gasteiger charge is -2.26. The van der Waals surface area contributed by atoms with Gasteiger partial charge in [-0.25, -0.2) is 4.79 Å². The van der Waals surface area contributed by atoms with E-state index < -0.39 is 5.97 Å². The fraction of sp³-hybridized carbons (Fsp3) is 0.364. The molecule has 0 amide bonds. The lowest BCUT2D eigenvalue weighted by atomic mass is 10.0. The minimum absolute atomic E-state index is 0.0304. The molecular formula is C22H24ClN3O4. The SMILES string of the molecule is CCOC(=O)c1nn(CCO)c2c1CN(Cc1ccc(-c3ccccc3Cl)o1)CC2. The second kappa shape index (κ2) is 9.04. The third-order valence-electron chi connectivity index (χ3n) is 5.17. The van der Waals surface area contributed by atoms with Gasteiger partial charge >= 0.3 is 5.97 Å². The van der Waals surface area contributed by atoms with Crippen molar-refractivity contribution in [2.45, 2.75) is 33.0 Å². The van der Waals surface area contributed by atoms with Gasteiger partial charge in [-0.1, -0.05) is 23.7 Å². The second-order valence-corrected chi connectivity index (χ2v) is 7.55. The number of nitrogens with zero attached hydrogens (tertiary/aromatic N) is 3. The van der Waals surface area contributed by atoms with E-state index >= 15 is 0 Å². The van der Waals surface area contributed by atoms with E-state index in [1.54, 1.807) is 11.6 Å². The van der Waals surface area contributed by atoms with Gasteiger partial charge in [-0.05, 0) is 31.2 Å². The Morgan fingerprint density at radius 2 is 2.13 bits per heavy atom. The molecule has 4 rings (SSSR count). The molecule has 158 valence electrons. The van der Waals surface area contributed by atoms with Crippen molar-refractivity contribution in [1.29, 1.82) is 0 Å². The molecule has 0 atom stereocenters. The van der Waals surface area contributed by atoms with Crippen LogP contribution in [0.1, 0.15) is 34.4 Å². The van der Waals surface area contributed by atoms with Crippen molar-refractivity contribution < 1.29 is 19.1 Å². The Hall–Kier alpha value is -2.61. The Bertz CT molecular complexity index is 1040. The van der Waals surface area contributed by atoms with E-state index in [0.717, 1.165) is 41.3 Å². The Morgan fingerprint density at radius 1 is 1.30 bits per heavy atom. The van der Waals surface area contributed by atoms with E-state index in [0.29, 0.717) is 37.0 Å². The largest absolute Gasteiger partial charge is 0.461 e.